The maximum absolute atomic E-state index is 13.3. The molecule has 1 amide bonds. The number of nitrogens with one attached hydrogen (secondary N) is 1. The third kappa shape index (κ3) is 10.3. The van der Waals surface area contributed by atoms with Crippen molar-refractivity contribution in [3.05, 3.63) is 0 Å². The fourth-order valence-electron chi connectivity index (χ4n) is 2.93. The van der Waals surface area contributed by atoms with Crippen LogP contribution in [0.5, 0.6) is 0 Å². The van der Waals surface area contributed by atoms with E-state index in [0.29, 0.717) is 19.4 Å². The van der Waals surface area contributed by atoms with Gasteiger partial charge in [0.25, 0.3) is 0 Å². The zero-order valence-electron chi connectivity index (χ0n) is 19.2. The molecular weight excluding hydrogens is 429 g/mol. The number of hydrogen-bond acceptors (Lipinski definition) is 9. The summed E-state index contributed by atoms with van der Waals surface area (Å²) in [7, 11) is -3.27. The minimum Gasteiger partial charge on any atom is -0.466 e. The Balaban J connectivity index is 5.49. The highest BCUT2D eigenvalue weighted by Crippen LogP contribution is 2.49. The first kappa shape index (κ1) is 29.1. The Morgan fingerprint density at radius 3 is 1.81 bits per heavy atom. The average molecular weight is 465 g/mol. The molecule has 0 rings (SSSR count). The van der Waals surface area contributed by atoms with Crippen LogP contribution in [0.4, 0.5) is 0 Å². The van der Waals surface area contributed by atoms with Gasteiger partial charge in [-0.05, 0) is 40.5 Å². The van der Waals surface area contributed by atoms with Gasteiger partial charge in [-0.3, -0.25) is 14.2 Å². The van der Waals surface area contributed by atoms with Crippen molar-refractivity contribution < 1.29 is 42.5 Å². The van der Waals surface area contributed by atoms with Gasteiger partial charge in [-0.15, -0.1) is 0 Å². The number of carbonyl (C=O) groups excluding carboxylic acids is 4. The summed E-state index contributed by atoms with van der Waals surface area (Å²) in [5.41, 5.74) is -2.12. The molecule has 180 valence electrons. The summed E-state index contributed by atoms with van der Waals surface area (Å²) in [6.45, 7) is 8.12. The summed E-state index contributed by atoms with van der Waals surface area (Å²) in [6, 6.07) is 0. The number of hydrogen-bond donors (Lipinski definition) is 1. The van der Waals surface area contributed by atoms with Crippen molar-refractivity contribution in [2.24, 2.45) is 0 Å². The average Bonchev–Trinajstić information content (AvgIpc) is 2.69. The van der Waals surface area contributed by atoms with Crippen molar-refractivity contribution in [3.63, 3.8) is 0 Å². The summed E-state index contributed by atoms with van der Waals surface area (Å²) < 4.78 is 33.7. The Kier molecular flexibility index (Phi) is 14.0. The van der Waals surface area contributed by atoms with Crippen molar-refractivity contribution in [2.45, 2.75) is 65.8 Å². The first-order valence-corrected chi connectivity index (χ1v) is 12.6. The summed E-state index contributed by atoms with van der Waals surface area (Å²) in [6.07, 6.45) is 0.783. The first-order valence-electron chi connectivity index (χ1n) is 10.6. The van der Waals surface area contributed by atoms with Crippen LogP contribution in [0.25, 0.3) is 0 Å². The van der Waals surface area contributed by atoms with Crippen molar-refractivity contribution in [2.75, 3.05) is 38.8 Å². The predicted octanol–water partition coefficient (Wildman–Crippen LogP) is 2.43. The van der Waals surface area contributed by atoms with Crippen LogP contribution in [0.2, 0.25) is 0 Å². The Morgan fingerprint density at radius 2 is 1.35 bits per heavy atom. The van der Waals surface area contributed by atoms with Crippen LogP contribution in [0.15, 0.2) is 0 Å². The molecule has 0 radical (unpaired) electrons. The van der Waals surface area contributed by atoms with E-state index in [1.54, 1.807) is 27.7 Å². The van der Waals surface area contributed by atoms with E-state index in [1.165, 1.54) is 0 Å². The van der Waals surface area contributed by atoms with Crippen molar-refractivity contribution in [1.82, 2.24) is 5.32 Å². The molecule has 11 heteroatoms. The highest BCUT2D eigenvalue weighted by Gasteiger charge is 2.51. The topological polar surface area (TPSA) is 134 Å². The van der Waals surface area contributed by atoms with Crippen molar-refractivity contribution in [3.8, 4) is 0 Å². The molecule has 0 aliphatic rings. The SMILES string of the molecule is CCOC(=O)CCCCP(=O)(CCC(NC(C)=O)(C(=O)OCC)C(=O)OCC)OCC. The molecule has 31 heavy (non-hydrogen) atoms. The lowest BCUT2D eigenvalue weighted by Crippen LogP contribution is -2.61. The van der Waals surface area contributed by atoms with Crippen LogP contribution in [0.3, 0.4) is 0 Å². The molecule has 0 aliphatic heterocycles. The Bertz CT molecular complexity index is 633. The lowest BCUT2D eigenvalue weighted by Gasteiger charge is -2.31. The number of rotatable bonds is 16. The maximum Gasteiger partial charge on any atom is 0.343 e. The van der Waals surface area contributed by atoms with Crippen LogP contribution in [0.1, 0.15) is 60.3 Å². The molecule has 0 aromatic heterocycles. The van der Waals surface area contributed by atoms with Gasteiger partial charge in [-0.25, -0.2) is 9.59 Å². The van der Waals surface area contributed by atoms with E-state index < -0.39 is 30.8 Å². The molecule has 0 saturated heterocycles. The van der Waals surface area contributed by atoms with E-state index in [1.807, 2.05) is 0 Å². The maximum atomic E-state index is 13.3. The second-order valence-electron chi connectivity index (χ2n) is 6.72. The van der Waals surface area contributed by atoms with E-state index in [-0.39, 0.29) is 51.0 Å². The smallest absolute Gasteiger partial charge is 0.343 e. The van der Waals surface area contributed by atoms with Gasteiger partial charge in [-0.1, -0.05) is 0 Å². The van der Waals surface area contributed by atoms with Gasteiger partial charge in [0.05, 0.1) is 26.4 Å². The van der Waals surface area contributed by atoms with Crippen LogP contribution in [0, 0.1) is 0 Å². The normalized spacial score (nSPS) is 13.1. The number of ether oxygens (including phenoxy) is 3. The third-order valence-corrected chi connectivity index (χ3v) is 6.90. The zero-order chi connectivity index (χ0) is 23.9. The van der Waals surface area contributed by atoms with Gasteiger partial charge in [0.15, 0.2) is 0 Å². The van der Waals surface area contributed by atoms with Crippen LogP contribution in [-0.4, -0.2) is 68.1 Å². The van der Waals surface area contributed by atoms with Crippen molar-refractivity contribution in [1.29, 1.82) is 0 Å². The second kappa shape index (κ2) is 15.0. The summed E-state index contributed by atoms with van der Waals surface area (Å²) in [5, 5.41) is 2.35. The van der Waals surface area contributed by atoms with Gasteiger partial charge in [0.1, 0.15) is 0 Å². The quantitative estimate of drug-likeness (QED) is 0.120. The molecule has 0 fully saturated rings. The summed E-state index contributed by atoms with van der Waals surface area (Å²) in [5.74, 6) is -2.92. The largest absolute Gasteiger partial charge is 0.466 e. The highest BCUT2D eigenvalue weighted by molar-refractivity contribution is 7.58. The van der Waals surface area contributed by atoms with E-state index >= 15 is 0 Å². The Labute approximate surface area is 184 Å². The minimum atomic E-state index is -3.27. The monoisotopic (exact) mass is 465 g/mol. The summed E-state index contributed by atoms with van der Waals surface area (Å²) >= 11 is 0. The molecule has 1 unspecified atom stereocenters. The van der Waals surface area contributed by atoms with Crippen molar-refractivity contribution >= 4 is 31.2 Å². The van der Waals surface area contributed by atoms with Gasteiger partial charge in [0, 0.05) is 32.1 Å². The first-order chi connectivity index (χ1) is 14.6. The third-order valence-electron chi connectivity index (χ3n) is 4.26. The second-order valence-corrected chi connectivity index (χ2v) is 9.50. The van der Waals surface area contributed by atoms with Crippen LogP contribution in [-0.2, 0) is 42.5 Å². The Morgan fingerprint density at radius 1 is 0.806 bits per heavy atom. The molecule has 0 aromatic rings. The minimum absolute atomic E-state index is 0.0173. The van der Waals surface area contributed by atoms with Gasteiger partial charge < -0.3 is 24.1 Å². The number of carbonyl (C=O) groups is 4. The fourth-order valence-corrected chi connectivity index (χ4v) is 5.26. The molecule has 1 atom stereocenters. The Hall–Kier alpha value is -1.93. The molecule has 0 aromatic carbocycles. The molecule has 0 bridgehead atoms. The summed E-state index contributed by atoms with van der Waals surface area (Å²) in [4.78, 5) is 48.6. The van der Waals surface area contributed by atoms with Crippen LogP contribution >= 0.6 is 7.37 Å². The molecule has 0 aliphatic carbocycles. The highest BCUT2D eigenvalue weighted by atomic mass is 31.2. The fraction of sp³-hybridized carbons (Fsp3) is 0.800. The van der Waals surface area contributed by atoms with E-state index in [9.17, 15) is 23.7 Å². The van der Waals surface area contributed by atoms with Gasteiger partial charge in [-0.2, -0.15) is 0 Å². The van der Waals surface area contributed by atoms with Gasteiger partial charge in [0.2, 0.25) is 18.8 Å². The van der Waals surface area contributed by atoms with E-state index in [4.69, 9.17) is 18.7 Å². The number of esters is 3. The molecule has 0 saturated carbocycles. The lowest BCUT2D eigenvalue weighted by molar-refractivity contribution is -0.168. The molecular formula is C20H36NO9P. The van der Waals surface area contributed by atoms with E-state index in [0.717, 1.165) is 6.92 Å². The standard InChI is InChI=1S/C20H36NO9P/c1-6-27-17(23)12-10-11-14-31(26,30-9-4)15-13-20(21-16(5)22,18(24)28-7-2)19(25)29-8-3/h6-15H2,1-5H3,(H,21,22). The molecule has 10 nitrogen and oxygen atoms in total. The zero-order valence-corrected chi connectivity index (χ0v) is 20.1. The predicted molar refractivity (Wildman–Crippen MR) is 114 cm³/mol. The van der Waals surface area contributed by atoms with Gasteiger partial charge >= 0.3 is 17.9 Å². The number of amides is 1. The molecule has 1 N–H and O–H groups in total. The van der Waals surface area contributed by atoms with Crippen LogP contribution < -0.4 is 5.32 Å². The molecule has 0 spiro atoms. The molecule has 0 heterocycles. The lowest BCUT2D eigenvalue weighted by atomic mass is 9.96. The number of unbranched alkanes of at least 4 members (excludes halogenated alkanes) is 1. The van der Waals surface area contributed by atoms with E-state index in [2.05, 4.69) is 5.32 Å².